The molecule has 4 heterocycles. The van der Waals surface area contributed by atoms with Crippen molar-refractivity contribution in [2.75, 3.05) is 33.2 Å². The average molecular weight is 342 g/mol. The molecule has 1 aromatic heterocycles. The molecule has 134 valence electrons. The van der Waals surface area contributed by atoms with Crippen LogP contribution in [0.2, 0.25) is 0 Å². The average Bonchev–Trinajstić information content (AvgIpc) is 3.17. The van der Waals surface area contributed by atoms with E-state index in [-0.39, 0.29) is 23.9 Å². The van der Waals surface area contributed by atoms with Gasteiger partial charge in [0.2, 0.25) is 5.91 Å². The lowest BCUT2D eigenvalue weighted by Crippen LogP contribution is -2.43. The van der Waals surface area contributed by atoms with Crippen LogP contribution in [-0.2, 0) is 4.79 Å². The Morgan fingerprint density at radius 3 is 2.68 bits per heavy atom. The van der Waals surface area contributed by atoms with E-state index in [1.54, 1.807) is 12.3 Å². The molecule has 6 heteroatoms. The second-order valence-corrected chi connectivity index (χ2v) is 7.63. The second kappa shape index (κ2) is 6.75. The molecular weight excluding hydrogens is 316 g/mol. The lowest BCUT2D eigenvalue weighted by atomic mass is 9.96. The Bertz CT molecular complexity index is 642. The lowest BCUT2D eigenvalue weighted by molar-refractivity contribution is -0.129. The number of piperidine rings is 1. The molecule has 0 unspecified atom stereocenters. The van der Waals surface area contributed by atoms with E-state index in [0.29, 0.717) is 18.0 Å². The Kier molecular flexibility index (Phi) is 4.46. The van der Waals surface area contributed by atoms with Crippen LogP contribution < -0.4 is 0 Å². The van der Waals surface area contributed by atoms with Gasteiger partial charge in [-0.15, -0.1) is 0 Å². The topological polar surface area (TPSA) is 56.8 Å². The zero-order chi connectivity index (χ0) is 17.4. The third kappa shape index (κ3) is 3.15. The molecule has 0 N–H and O–H groups in total. The number of aromatic nitrogens is 1. The molecule has 3 saturated heterocycles. The minimum absolute atomic E-state index is 0.0215. The van der Waals surface area contributed by atoms with Crippen molar-refractivity contribution in [2.24, 2.45) is 5.92 Å². The van der Waals surface area contributed by atoms with Crippen molar-refractivity contribution in [3.05, 3.63) is 30.1 Å². The zero-order valence-corrected chi connectivity index (χ0v) is 14.8. The normalized spacial score (nSPS) is 27.8. The van der Waals surface area contributed by atoms with E-state index in [9.17, 15) is 9.59 Å². The molecule has 0 radical (unpaired) electrons. The van der Waals surface area contributed by atoms with E-state index in [1.165, 1.54) is 0 Å². The number of carbonyl (C=O) groups excluding carboxylic acids is 2. The van der Waals surface area contributed by atoms with Crippen LogP contribution in [0.4, 0.5) is 0 Å². The molecule has 25 heavy (non-hydrogen) atoms. The molecule has 0 aliphatic carbocycles. The smallest absolute Gasteiger partial charge is 0.272 e. The molecule has 3 fully saturated rings. The van der Waals surface area contributed by atoms with Crippen molar-refractivity contribution in [1.82, 2.24) is 19.7 Å². The summed E-state index contributed by atoms with van der Waals surface area (Å²) in [5.74, 6) is 0.772. The first kappa shape index (κ1) is 16.5. The summed E-state index contributed by atoms with van der Waals surface area (Å²) in [6.07, 6.45) is 5.33. The predicted molar refractivity (Wildman–Crippen MR) is 94.0 cm³/mol. The van der Waals surface area contributed by atoms with Crippen LogP contribution in [0.3, 0.4) is 0 Å². The summed E-state index contributed by atoms with van der Waals surface area (Å²) < 4.78 is 0. The van der Waals surface area contributed by atoms with Crippen molar-refractivity contribution < 1.29 is 9.59 Å². The van der Waals surface area contributed by atoms with Crippen molar-refractivity contribution in [2.45, 2.75) is 37.8 Å². The van der Waals surface area contributed by atoms with Crippen LogP contribution in [0.5, 0.6) is 0 Å². The van der Waals surface area contributed by atoms with Crippen LogP contribution in [-0.4, -0.2) is 76.8 Å². The Morgan fingerprint density at radius 1 is 1.16 bits per heavy atom. The number of fused-ring (bicyclic) bond motifs is 1. The fourth-order valence-corrected chi connectivity index (χ4v) is 4.58. The van der Waals surface area contributed by atoms with Gasteiger partial charge in [0, 0.05) is 25.7 Å². The fraction of sp³-hybridized carbons (Fsp3) is 0.632. The highest BCUT2D eigenvalue weighted by atomic mass is 16.2. The number of amides is 2. The van der Waals surface area contributed by atoms with Gasteiger partial charge in [0.05, 0.1) is 12.1 Å². The van der Waals surface area contributed by atoms with Crippen molar-refractivity contribution in [3.8, 4) is 0 Å². The molecule has 0 spiro atoms. The monoisotopic (exact) mass is 342 g/mol. The first-order valence-electron chi connectivity index (χ1n) is 9.33. The quantitative estimate of drug-likeness (QED) is 0.829. The van der Waals surface area contributed by atoms with Crippen LogP contribution in [0.1, 0.15) is 36.2 Å². The Balaban J connectivity index is 1.43. The Hall–Kier alpha value is -1.95. The van der Waals surface area contributed by atoms with Gasteiger partial charge >= 0.3 is 0 Å². The molecule has 3 aliphatic rings. The number of likely N-dealkylation sites (tertiary alicyclic amines) is 3. The SMILES string of the molecule is CN1CCC(CN2C(=O)C[C@H]3[C@H]2CCN3C(=O)c2ccccn2)CC1. The van der Waals surface area contributed by atoms with Gasteiger partial charge in [-0.05, 0) is 57.5 Å². The standard InChI is InChI=1S/C19H26N4O2/c1-21-9-5-14(6-10-21)13-23-16-7-11-22(17(16)12-18(23)24)19(25)15-4-2-3-8-20-15/h2-4,8,14,16-17H,5-7,9-13H2,1H3/t16-,17+/m1/s1. The molecule has 6 nitrogen and oxygen atoms in total. The second-order valence-electron chi connectivity index (χ2n) is 7.63. The van der Waals surface area contributed by atoms with Crippen molar-refractivity contribution in [3.63, 3.8) is 0 Å². The maximum absolute atomic E-state index is 12.8. The van der Waals surface area contributed by atoms with Crippen LogP contribution in [0.25, 0.3) is 0 Å². The molecule has 0 aromatic carbocycles. The van der Waals surface area contributed by atoms with E-state index >= 15 is 0 Å². The van der Waals surface area contributed by atoms with Crippen LogP contribution >= 0.6 is 0 Å². The molecule has 1 aromatic rings. The van der Waals surface area contributed by atoms with Crippen molar-refractivity contribution in [1.29, 1.82) is 0 Å². The zero-order valence-electron chi connectivity index (χ0n) is 14.8. The summed E-state index contributed by atoms with van der Waals surface area (Å²) in [4.78, 5) is 35.8. The van der Waals surface area contributed by atoms with Crippen molar-refractivity contribution >= 4 is 11.8 Å². The minimum Gasteiger partial charge on any atom is -0.337 e. The summed E-state index contributed by atoms with van der Waals surface area (Å²) >= 11 is 0. The third-order valence-electron chi connectivity index (χ3n) is 6.05. The number of hydrogen-bond acceptors (Lipinski definition) is 4. The lowest BCUT2D eigenvalue weighted by Gasteiger charge is -2.33. The predicted octanol–water partition coefficient (Wildman–Crippen LogP) is 1.24. The fourth-order valence-electron chi connectivity index (χ4n) is 4.58. The van der Waals surface area contributed by atoms with Crippen LogP contribution in [0, 0.1) is 5.92 Å². The molecule has 0 bridgehead atoms. The van der Waals surface area contributed by atoms with Gasteiger partial charge < -0.3 is 14.7 Å². The molecular formula is C19H26N4O2. The third-order valence-corrected chi connectivity index (χ3v) is 6.05. The molecule has 0 saturated carbocycles. The van der Waals surface area contributed by atoms with Gasteiger partial charge in [-0.2, -0.15) is 0 Å². The van der Waals surface area contributed by atoms with Gasteiger partial charge in [-0.3, -0.25) is 14.6 Å². The number of pyridine rings is 1. The number of hydrogen-bond donors (Lipinski definition) is 0. The summed E-state index contributed by atoms with van der Waals surface area (Å²) in [5, 5.41) is 0. The van der Waals surface area contributed by atoms with E-state index in [0.717, 1.165) is 45.4 Å². The van der Waals surface area contributed by atoms with Gasteiger partial charge in [-0.25, -0.2) is 0 Å². The van der Waals surface area contributed by atoms with E-state index in [2.05, 4.69) is 21.8 Å². The molecule has 2 amide bonds. The Morgan fingerprint density at radius 2 is 1.96 bits per heavy atom. The summed E-state index contributed by atoms with van der Waals surface area (Å²) in [5.41, 5.74) is 0.476. The summed E-state index contributed by atoms with van der Waals surface area (Å²) in [6.45, 7) is 3.82. The molecule has 3 aliphatic heterocycles. The highest BCUT2D eigenvalue weighted by molar-refractivity contribution is 5.93. The Labute approximate surface area is 148 Å². The number of rotatable bonds is 3. The highest BCUT2D eigenvalue weighted by Crippen LogP contribution is 2.34. The first-order valence-corrected chi connectivity index (χ1v) is 9.33. The van der Waals surface area contributed by atoms with E-state index in [1.807, 2.05) is 17.0 Å². The molecule has 4 rings (SSSR count). The molecule has 2 atom stereocenters. The van der Waals surface area contributed by atoms with Gasteiger partial charge in [0.25, 0.3) is 5.91 Å². The van der Waals surface area contributed by atoms with E-state index < -0.39 is 0 Å². The maximum Gasteiger partial charge on any atom is 0.272 e. The first-order chi connectivity index (χ1) is 12.1. The van der Waals surface area contributed by atoms with Gasteiger partial charge in [0.15, 0.2) is 0 Å². The summed E-state index contributed by atoms with van der Waals surface area (Å²) in [6, 6.07) is 5.61. The minimum atomic E-state index is -0.0398. The van der Waals surface area contributed by atoms with E-state index in [4.69, 9.17) is 0 Å². The van der Waals surface area contributed by atoms with Crippen LogP contribution in [0.15, 0.2) is 24.4 Å². The maximum atomic E-state index is 12.8. The van der Waals surface area contributed by atoms with Gasteiger partial charge in [-0.1, -0.05) is 6.07 Å². The number of carbonyl (C=O) groups is 2. The summed E-state index contributed by atoms with van der Waals surface area (Å²) in [7, 11) is 2.16. The number of nitrogens with zero attached hydrogens (tertiary/aromatic N) is 4. The van der Waals surface area contributed by atoms with Gasteiger partial charge in [0.1, 0.15) is 5.69 Å². The highest BCUT2D eigenvalue weighted by Gasteiger charge is 2.48. The largest absolute Gasteiger partial charge is 0.337 e.